The number of aromatic nitrogens is 2. The van der Waals surface area contributed by atoms with Crippen molar-refractivity contribution >= 4 is 11.8 Å². The third-order valence-corrected chi connectivity index (χ3v) is 4.67. The Hall–Kier alpha value is -3.28. The first kappa shape index (κ1) is 20.5. The molecule has 0 radical (unpaired) electrons. The molecule has 0 bridgehead atoms. The highest BCUT2D eigenvalue weighted by Crippen LogP contribution is 2.26. The molecule has 0 aliphatic heterocycles. The third-order valence-electron chi connectivity index (χ3n) is 4.67. The molecular formula is C23H28N4O2. The van der Waals surface area contributed by atoms with Gasteiger partial charge in [0, 0.05) is 23.6 Å². The average molecular weight is 393 g/mol. The molecule has 2 amide bonds. The van der Waals surface area contributed by atoms with Gasteiger partial charge in [0.25, 0.3) is 0 Å². The van der Waals surface area contributed by atoms with Crippen LogP contribution >= 0.6 is 0 Å². The van der Waals surface area contributed by atoms with E-state index in [0.29, 0.717) is 11.4 Å². The number of aryl methyl sites for hydroxylation is 2. The number of nitrogens with zero attached hydrogens (tertiary/aromatic N) is 2. The summed E-state index contributed by atoms with van der Waals surface area (Å²) < 4.78 is 1.74. The van der Waals surface area contributed by atoms with Gasteiger partial charge < -0.3 is 10.4 Å². The Bertz CT molecular complexity index is 1010. The smallest absolute Gasteiger partial charge is 0.320 e. The standard InChI is InChI=1S/C23H28N4O2/c1-15-6-9-18(10-7-15)27-21(13-20(26-27)23(3,4)5)25-22(29)24-14-17-12-16(2)8-11-19(17)28/h6-13,28H,14H2,1-5H3,(H2,24,25,29). The van der Waals surface area contributed by atoms with Gasteiger partial charge in [-0.25, -0.2) is 9.48 Å². The molecule has 6 heteroatoms. The summed E-state index contributed by atoms with van der Waals surface area (Å²) in [5.74, 6) is 0.750. The van der Waals surface area contributed by atoms with Crippen molar-refractivity contribution in [1.29, 1.82) is 0 Å². The van der Waals surface area contributed by atoms with Crippen LogP contribution in [-0.4, -0.2) is 20.9 Å². The Morgan fingerprint density at radius 3 is 2.34 bits per heavy atom. The second kappa shape index (κ2) is 7.99. The fourth-order valence-corrected chi connectivity index (χ4v) is 2.91. The van der Waals surface area contributed by atoms with Crippen LogP contribution in [0.1, 0.15) is 43.2 Å². The minimum atomic E-state index is -0.361. The van der Waals surface area contributed by atoms with Crippen molar-refractivity contribution in [2.24, 2.45) is 0 Å². The van der Waals surface area contributed by atoms with E-state index < -0.39 is 0 Å². The van der Waals surface area contributed by atoms with E-state index in [1.165, 1.54) is 0 Å². The number of phenolic OH excluding ortho intramolecular Hbond substituents is 1. The van der Waals surface area contributed by atoms with E-state index in [1.807, 2.05) is 56.3 Å². The molecule has 0 fully saturated rings. The Morgan fingerprint density at radius 2 is 1.69 bits per heavy atom. The maximum absolute atomic E-state index is 12.5. The number of hydrogen-bond acceptors (Lipinski definition) is 3. The summed E-state index contributed by atoms with van der Waals surface area (Å²) in [6.45, 7) is 10.4. The topological polar surface area (TPSA) is 79.2 Å². The first-order chi connectivity index (χ1) is 13.6. The van der Waals surface area contributed by atoms with Crippen LogP contribution in [0.2, 0.25) is 0 Å². The predicted molar refractivity (Wildman–Crippen MR) is 116 cm³/mol. The largest absolute Gasteiger partial charge is 0.508 e. The van der Waals surface area contributed by atoms with Crippen LogP contribution in [0.3, 0.4) is 0 Å². The van der Waals surface area contributed by atoms with Crippen LogP contribution in [0.5, 0.6) is 5.75 Å². The number of anilines is 1. The number of amides is 2. The van der Waals surface area contributed by atoms with Gasteiger partial charge in [0.1, 0.15) is 11.6 Å². The molecule has 152 valence electrons. The quantitative estimate of drug-likeness (QED) is 0.596. The number of benzene rings is 2. The molecule has 1 aromatic heterocycles. The Balaban J connectivity index is 1.81. The predicted octanol–water partition coefficient (Wildman–Crippen LogP) is 4.81. The maximum atomic E-state index is 12.5. The normalized spacial score (nSPS) is 11.3. The molecule has 0 aliphatic carbocycles. The molecule has 29 heavy (non-hydrogen) atoms. The number of carbonyl (C=O) groups is 1. The van der Waals surface area contributed by atoms with Crippen LogP contribution in [0.15, 0.2) is 48.5 Å². The number of urea groups is 1. The lowest BCUT2D eigenvalue weighted by molar-refractivity contribution is 0.251. The third kappa shape index (κ3) is 4.96. The van der Waals surface area contributed by atoms with Gasteiger partial charge in [0.05, 0.1) is 11.4 Å². The highest BCUT2D eigenvalue weighted by atomic mass is 16.3. The molecule has 6 nitrogen and oxygen atoms in total. The van der Waals surface area contributed by atoms with Crippen molar-refractivity contribution in [3.05, 3.63) is 70.9 Å². The van der Waals surface area contributed by atoms with E-state index in [2.05, 4.69) is 31.4 Å². The summed E-state index contributed by atoms with van der Waals surface area (Å²) in [5, 5.41) is 20.4. The van der Waals surface area contributed by atoms with Crippen molar-refractivity contribution in [2.45, 2.75) is 46.6 Å². The summed E-state index contributed by atoms with van der Waals surface area (Å²) in [7, 11) is 0. The van der Waals surface area contributed by atoms with Crippen molar-refractivity contribution in [1.82, 2.24) is 15.1 Å². The molecule has 3 rings (SSSR count). The highest BCUT2D eigenvalue weighted by molar-refractivity contribution is 5.88. The summed E-state index contributed by atoms with van der Waals surface area (Å²) in [6.07, 6.45) is 0. The van der Waals surface area contributed by atoms with Gasteiger partial charge in [-0.2, -0.15) is 5.10 Å². The van der Waals surface area contributed by atoms with Crippen molar-refractivity contribution in [3.8, 4) is 11.4 Å². The van der Waals surface area contributed by atoms with E-state index in [0.717, 1.165) is 22.5 Å². The van der Waals surface area contributed by atoms with E-state index in [-0.39, 0.29) is 23.7 Å². The fraction of sp³-hybridized carbons (Fsp3) is 0.304. The molecule has 0 atom stereocenters. The monoisotopic (exact) mass is 392 g/mol. The molecular weight excluding hydrogens is 364 g/mol. The molecule has 0 saturated heterocycles. The summed E-state index contributed by atoms with van der Waals surface area (Å²) >= 11 is 0. The van der Waals surface area contributed by atoms with Crippen LogP contribution in [0.4, 0.5) is 10.6 Å². The molecule has 3 aromatic rings. The van der Waals surface area contributed by atoms with Gasteiger partial charge in [-0.3, -0.25) is 5.32 Å². The minimum Gasteiger partial charge on any atom is -0.508 e. The molecule has 1 heterocycles. The molecule has 0 saturated carbocycles. The average Bonchev–Trinajstić information content (AvgIpc) is 3.07. The van der Waals surface area contributed by atoms with Crippen molar-refractivity contribution < 1.29 is 9.90 Å². The first-order valence-corrected chi connectivity index (χ1v) is 9.64. The summed E-state index contributed by atoms with van der Waals surface area (Å²) in [6, 6.07) is 14.8. The SMILES string of the molecule is Cc1ccc(-n2nc(C(C)(C)C)cc2NC(=O)NCc2cc(C)ccc2O)cc1. The lowest BCUT2D eigenvalue weighted by Crippen LogP contribution is -2.29. The van der Waals surface area contributed by atoms with E-state index in [4.69, 9.17) is 5.10 Å². The number of rotatable bonds is 4. The highest BCUT2D eigenvalue weighted by Gasteiger charge is 2.21. The van der Waals surface area contributed by atoms with Crippen LogP contribution in [-0.2, 0) is 12.0 Å². The molecule has 0 spiro atoms. The van der Waals surface area contributed by atoms with Crippen molar-refractivity contribution in [3.63, 3.8) is 0 Å². The zero-order valence-electron chi connectivity index (χ0n) is 17.6. The van der Waals surface area contributed by atoms with Gasteiger partial charge in [-0.1, -0.05) is 56.2 Å². The lowest BCUT2D eigenvalue weighted by atomic mass is 9.92. The van der Waals surface area contributed by atoms with Gasteiger partial charge in [0.15, 0.2) is 0 Å². The lowest BCUT2D eigenvalue weighted by Gasteiger charge is -2.14. The number of aromatic hydroxyl groups is 1. The van der Waals surface area contributed by atoms with Crippen LogP contribution in [0.25, 0.3) is 5.69 Å². The zero-order chi connectivity index (χ0) is 21.2. The number of nitrogens with one attached hydrogen (secondary N) is 2. The van der Waals surface area contributed by atoms with E-state index in [1.54, 1.807) is 10.7 Å². The van der Waals surface area contributed by atoms with E-state index >= 15 is 0 Å². The Kier molecular flexibility index (Phi) is 5.64. The number of phenols is 1. The van der Waals surface area contributed by atoms with Crippen LogP contribution < -0.4 is 10.6 Å². The second-order valence-electron chi connectivity index (χ2n) is 8.35. The second-order valence-corrected chi connectivity index (χ2v) is 8.35. The molecule has 2 aromatic carbocycles. The summed E-state index contributed by atoms with van der Waals surface area (Å²) in [4.78, 5) is 12.5. The Labute approximate surface area is 171 Å². The van der Waals surface area contributed by atoms with Crippen LogP contribution in [0, 0.1) is 13.8 Å². The van der Waals surface area contributed by atoms with Crippen molar-refractivity contribution in [2.75, 3.05) is 5.32 Å². The fourth-order valence-electron chi connectivity index (χ4n) is 2.91. The maximum Gasteiger partial charge on any atom is 0.320 e. The molecule has 3 N–H and O–H groups in total. The van der Waals surface area contributed by atoms with E-state index in [9.17, 15) is 9.90 Å². The van der Waals surface area contributed by atoms with Gasteiger partial charge in [-0.15, -0.1) is 0 Å². The first-order valence-electron chi connectivity index (χ1n) is 9.64. The Morgan fingerprint density at radius 1 is 1.03 bits per heavy atom. The van der Waals surface area contributed by atoms with Gasteiger partial charge in [-0.05, 0) is 32.0 Å². The van der Waals surface area contributed by atoms with Gasteiger partial charge in [0.2, 0.25) is 0 Å². The molecule has 0 aliphatic rings. The van der Waals surface area contributed by atoms with Gasteiger partial charge >= 0.3 is 6.03 Å². The zero-order valence-corrected chi connectivity index (χ0v) is 17.6. The molecule has 0 unspecified atom stereocenters. The summed E-state index contributed by atoms with van der Waals surface area (Å²) in [5.41, 5.74) is 4.44. The minimum absolute atomic E-state index is 0.157. The number of carbonyl (C=O) groups excluding carboxylic acids is 1. The number of hydrogen-bond donors (Lipinski definition) is 3.